The smallest absolute Gasteiger partial charge is 0.313 e. The molecule has 1 rings (SSSR count). The SMILES string of the molecule is CCCc1nnc(SCC(=O)O)n1C(C)CC(C)CC. The highest BCUT2D eigenvalue weighted by Gasteiger charge is 2.19. The van der Waals surface area contributed by atoms with Crippen LogP contribution in [0.1, 0.15) is 58.8 Å². The number of aromatic nitrogens is 3. The number of carboxylic acids is 1. The van der Waals surface area contributed by atoms with Crippen LogP contribution in [0.2, 0.25) is 0 Å². The van der Waals surface area contributed by atoms with Crippen molar-refractivity contribution in [3.63, 3.8) is 0 Å². The van der Waals surface area contributed by atoms with E-state index < -0.39 is 5.97 Å². The van der Waals surface area contributed by atoms with Crippen molar-refractivity contribution in [3.05, 3.63) is 5.82 Å². The molecule has 0 aliphatic heterocycles. The summed E-state index contributed by atoms with van der Waals surface area (Å²) in [7, 11) is 0. The van der Waals surface area contributed by atoms with Gasteiger partial charge < -0.3 is 9.67 Å². The second kappa shape index (κ2) is 8.29. The summed E-state index contributed by atoms with van der Waals surface area (Å²) < 4.78 is 2.13. The molecule has 1 heterocycles. The standard InChI is InChI=1S/C14H25N3O2S/c1-5-7-12-15-16-14(20-9-13(18)19)17(12)11(4)8-10(3)6-2/h10-11H,5-9H2,1-4H3,(H,18,19). The molecule has 0 aliphatic carbocycles. The molecule has 114 valence electrons. The summed E-state index contributed by atoms with van der Waals surface area (Å²) in [6, 6.07) is 0.304. The van der Waals surface area contributed by atoms with Gasteiger partial charge in [-0.15, -0.1) is 10.2 Å². The minimum absolute atomic E-state index is 0.0281. The Balaban J connectivity index is 2.91. The van der Waals surface area contributed by atoms with Crippen LogP contribution in [0, 0.1) is 5.92 Å². The number of carbonyl (C=O) groups is 1. The predicted molar refractivity (Wildman–Crippen MR) is 81.2 cm³/mol. The number of nitrogens with zero attached hydrogens (tertiary/aromatic N) is 3. The van der Waals surface area contributed by atoms with Crippen molar-refractivity contribution in [2.45, 2.75) is 64.6 Å². The third-order valence-corrected chi connectivity index (χ3v) is 4.34. The lowest BCUT2D eigenvalue weighted by atomic mass is 10.0. The van der Waals surface area contributed by atoms with Gasteiger partial charge in [0.05, 0.1) is 5.75 Å². The summed E-state index contributed by atoms with van der Waals surface area (Å²) in [6.45, 7) is 8.71. The second-order valence-corrected chi connectivity index (χ2v) is 6.24. The van der Waals surface area contributed by atoms with Gasteiger partial charge in [-0.3, -0.25) is 4.79 Å². The van der Waals surface area contributed by atoms with Crippen LogP contribution in [0.25, 0.3) is 0 Å². The summed E-state index contributed by atoms with van der Waals surface area (Å²) in [5, 5.41) is 18.0. The van der Waals surface area contributed by atoms with Crippen molar-refractivity contribution < 1.29 is 9.90 Å². The van der Waals surface area contributed by atoms with Crippen LogP contribution in [-0.2, 0) is 11.2 Å². The van der Waals surface area contributed by atoms with Gasteiger partial charge in [-0.2, -0.15) is 0 Å². The van der Waals surface area contributed by atoms with E-state index in [0.29, 0.717) is 12.0 Å². The molecule has 5 nitrogen and oxygen atoms in total. The fourth-order valence-electron chi connectivity index (χ4n) is 2.22. The molecule has 0 saturated heterocycles. The molecule has 2 unspecified atom stereocenters. The third kappa shape index (κ3) is 4.81. The molecule has 1 N–H and O–H groups in total. The van der Waals surface area contributed by atoms with Crippen molar-refractivity contribution in [2.24, 2.45) is 5.92 Å². The maximum absolute atomic E-state index is 10.7. The van der Waals surface area contributed by atoms with Crippen LogP contribution >= 0.6 is 11.8 Å². The van der Waals surface area contributed by atoms with Crippen molar-refractivity contribution in [1.29, 1.82) is 0 Å². The van der Waals surface area contributed by atoms with Crippen LogP contribution < -0.4 is 0 Å². The van der Waals surface area contributed by atoms with Crippen molar-refractivity contribution in [3.8, 4) is 0 Å². The molecule has 0 amide bonds. The maximum atomic E-state index is 10.7. The average Bonchev–Trinajstić information content (AvgIpc) is 2.79. The lowest BCUT2D eigenvalue weighted by molar-refractivity contribution is -0.133. The van der Waals surface area contributed by atoms with E-state index in [1.54, 1.807) is 0 Å². The van der Waals surface area contributed by atoms with Gasteiger partial charge in [0.25, 0.3) is 0 Å². The Labute approximate surface area is 125 Å². The minimum atomic E-state index is -0.823. The lowest BCUT2D eigenvalue weighted by Crippen LogP contribution is -2.14. The molecule has 0 aromatic carbocycles. The van der Waals surface area contributed by atoms with Crippen molar-refractivity contribution >= 4 is 17.7 Å². The van der Waals surface area contributed by atoms with Gasteiger partial charge in [0.1, 0.15) is 5.82 Å². The lowest BCUT2D eigenvalue weighted by Gasteiger charge is -2.20. The zero-order chi connectivity index (χ0) is 15.1. The fraction of sp³-hybridized carbons (Fsp3) is 0.786. The Morgan fingerprint density at radius 2 is 2.05 bits per heavy atom. The second-order valence-electron chi connectivity index (χ2n) is 5.30. The third-order valence-electron chi connectivity index (χ3n) is 3.41. The number of hydrogen-bond donors (Lipinski definition) is 1. The molecular formula is C14H25N3O2S. The molecule has 20 heavy (non-hydrogen) atoms. The van der Waals surface area contributed by atoms with Gasteiger partial charge in [-0.05, 0) is 25.7 Å². The molecular weight excluding hydrogens is 274 g/mol. The molecule has 0 radical (unpaired) electrons. The monoisotopic (exact) mass is 299 g/mol. The Hall–Kier alpha value is -1.04. The number of carboxylic acid groups (broad SMARTS) is 1. The maximum Gasteiger partial charge on any atom is 0.313 e. The van der Waals surface area contributed by atoms with Crippen LogP contribution in [0.3, 0.4) is 0 Å². The largest absolute Gasteiger partial charge is 0.481 e. The van der Waals surface area contributed by atoms with Gasteiger partial charge in [0.2, 0.25) is 0 Å². The van der Waals surface area contributed by atoms with E-state index in [1.165, 1.54) is 11.8 Å². The Morgan fingerprint density at radius 3 is 2.60 bits per heavy atom. The Morgan fingerprint density at radius 1 is 1.35 bits per heavy atom. The molecule has 0 fully saturated rings. The fourth-order valence-corrected chi connectivity index (χ4v) is 3.00. The highest BCUT2D eigenvalue weighted by atomic mass is 32.2. The van der Waals surface area contributed by atoms with E-state index in [2.05, 4.69) is 42.5 Å². The van der Waals surface area contributed by atoms with Gasteiger partial charge in [-0.25, -0.2) is 0 Å². The summed E-state index contributed by atoms with van der Waals surface area (Å²) in [5.74, 6) is 0.812. The first-order chi connectivity index (χ1) is 9.49. The van der Waals surface area contributed by atoms with Gasteiger partial charge in [0, 0.05) is 12.5 Å². The van der Waals surface area contributed by atoms with Crippen LogP contribution in [0.4, 0.5) is 0 Å². The predicted octanol–water partition coefficient (Wildman–Crippen LogP) is 3.40. The van der Waals surface area contributed by atoms with E-state index in [1.807, 2.05) is 0 Å². The van der Waals surface area contributed by atoms with E-state index in [0.717, 1.165) is 36.7 Å². The van der Waals surface area contributed by atoms with Crippen molar-refractivity contribution in [2.75, 3.05) is 5.75 Å². The molecule has 2 atom stereocenters. The molecule has 0 saturated carbocycles. The van der Waals surface area contributed by atoms with E-state index in [9.17, 15) is 4.79 Å². The average molecular weight is 299 g/mol. The first-order valence-electron chi connectivity index (χ1n) is 7.27. The normalized spacial score (nSPS) is 14.2. The quantitative estimate of drug-likeness (QED) is 0.708. The van der Waals surface area contributed by atoms with Crippen molar-refractivity contribution in [1.82, 2.24) is 14.8 Å². The number of hydrogen-bond acceptors (Lipinski definition) is 4. The number of thioether (sulfide) groups is 1. The number of rotatable bonds is 9. The number of aryl methyl sites for hydroxylation is 1. The Kier molecular flexibility index (Phi) is 7.05. The highest BCUT2D eigenvalue weighted by molar-refractivity contribution is 7.99. The molecule has 0 aliphatic rings. The summed E-state index contributed by atoms with van der Waals surface area (Å²) in [5.41, 5.74) is 0. The first kappa shape index (κ1) is 17.0. The minimum Gasteiger partial charge on any atom is -0.481 e. The molecule has 1 aromatic rings. The van der Waals surface area contributed by atoms with Gasteiger partial charge in [-0.1, -0.05) is 39.0 Å². The van der Waals surface area contributed by atoms with Crippen LogP contribution in [0.15, 0.2) is 5.16 Å². The summed E-state index contributed by atoms with van der Waals surface area (Å²) in [4.78, 5) is 10.7. The van der Waals surface area contributed by atoms with Gasteiger partial charge in [0.15, 0.2) is 5.16 Å². The van der Waals surface area contributed by atoms with Crippen LogP contribution in [-0.4, -0.2) is 31.6 Å². The van der Waals surface area contributed by atoms with E-state index >= 15 is 0 Å². The molecule has 0 bridgehead atoms. The summed E-state index contributed by atoms with van der Waals surface area (Å²) >= 11 is 1.25. The molecule has 6 heteroatoms. The van der Waals surface area contributed by atoms with E-state index in [4.69, 9.17) is 5.11 Å². The topological polar surface area (TPSA) is 68.0 Å². The molecule has 0 spiro atoms. The highest BCUT2D eigenvalue weighted by Crippen LogP contribution is 2.27. The first-order valence-corrected chi connectivity index (χ1v) is 8.26. The zero-order valence-corrected chi connectivity index (χ0v) is 13.6. The summed E-state index contributed by atoms with van der Waals surface area (Å²) in [6.07, 6.45) is 4.10. The Bertz CT molecular complexity index is 434. The molecule has 1 aromatic heterocycles. The van der Waals surface area contributed by atoms with E-state index in [-0.39, 0.29) is 5.75 Å². The van der Waals surface area contributed by atoms with Gasteiger partial charge >= 0.3 is 5.97 Å². The zero-order valence-electron chi connectivity index (χ0n) is 12.8. The number of aliphatic carboxylic acids is 1. The van der Waals surface area contributed by atoms with Crippen LogP contribution in [0.5, 0.6) is 0 Å².